The molecule has 6 nitrogen and oxygen atoms in total. The molecule has 136 valence electrons. The summed E-state index contributed by atoms with van der Waals surface area (Å²) in [6.45, 7) is 4.16. The summed E-state index contributed by atoms with van der Waals surface area (Å²) in [4.78, 5) is 0. The minimum absolute atomic E-state index is 0.0204. The smallest absolute Gasteiger partial charge is 0.0932 e. The molecule has 0 bridgehead atoms. The van der Waals surface area contributed by atoms with Crippen LogP contribution in [0.15, 0.2) is 48.8 Å². The van der Waals surface area contributed by atoms with Gasteiger partial charge in [0.15, 0.2) is 0 Å². The van der Waals surface area contributed by atoms with Gasteiger partial charge in [0.2, 0.25) is 0 Å². The van der Waals surface area contributed by atoms with Crippen LogP contribution in [0.25, 0.3) is 11.3 Å². The minimum atomic E-state index is -0.356. The Hall–Kier alpha value is -2.44. The molecule has 1 aliphatic carbocycles. The summed E-state index contributed by atoms with van der Waals surface area (Å²) in [7, 11) is 1.98. The van der Waals surface area contributed by atoms with Crippen molar-refractivity contribution < 1.29 is 5.11 Å². The number of rotatable bonds is 5. The van der Waals surface area contributed by atoms with Gasteiger partial charge in [0.05, 0.1) is 29.7 Å². The molecule has 2 N–H and O–H groups in total. The number of benzene rings is 1. The van der Waals surface area contributed by atoms with Crippen LogP contribution >= 0.6 is 0 Å². The van der Waals surface area contributed by atoms with Gasteiger partial charge in [-0.05, 0) is 31.9 Å². The van der Waals surface area contributed by atoms with Crippen LogP contribution in [0, 0.1) is 6.92 Å². The van der Waals surface area contributed by atoms with Gasteiger partial charge >= 0.3 is 0 Å². The summed E-state index contributed by atoms with van der Waals surface area (Å²) in [5.41, 5.74) is 4.32. The van der Waals surface area contributed by atoms with Crippen LogP contribution in [0.3, 0.4) is 0 Å². The first-order chi connectivity index (χ1) is 12.5. The summed E-state index contributed by atoms with van der Waals surface area (Å²) in [6, 6.07) is 12.6. The number of aryl methyl sites for hydroxylation is 2. The number of hydrogen-bond acceptors (Lipinski definition) is 4. The summed E-state index contributed by atoms with van der Waals surface area (Å²) in [5.74, 6) is 0. The highest BCUT2D eigenvalue weighted by molar-refractivity contribution is 5.59. The molecule has 1 unspecified atom stereocenters. The van der Waals surface area contributed by atoms with Crippen LogP contribution in [0.5, 0.6) is 0 Å². The Morgan fingerprint density at radius 3 is 2.69 bits per heavy atom. The maximum Gasteiger partial charge on any atom is 0.0932 e. The molecule has 1 saturated carbocycles. The average molecular weight is 351 g/mol. The second kappa shape index (κ2) is 6.70. The van der Waals surface area contributed by atoms with Gasteiger partial charge in [-0.3, -0.25) is 9.36 Å². The van der Waals surface area contributed by atoms with Crippen molar-refractivity contribution in [3.05, 3.63) is 60.0 Å². The van der Waals surface area contributed by atoms with Gasteiger partial charge in [0, 0.05) is 30.9 Å². The lowest BCUT2D eigenvalue weighted by atomic mass is 9.82. The Kier molecular flexibility index (Phi) is 4.38. The van der Waals surface area contributed by atoms with Crippen molar-refractivity contribution in [2.45, 2.75) is 44.5 Å². The Morgan fingerprint density at radius 1 is 1.27 bits per heavy atom. The van der Waals surface area contributed by atoms with E-state index in [4.69, 9.17) is 0 Å². The molecule has 1 aliphatic rings. The molecule has 26 heavy (non-hydrogen) atoms. The van der Waals surface area contributed by atoms with E-state index in [-0.39, 0.29) is 24.2 Å². The summed E-state index contributed by atoms with van der Waals surface area (Å²) in [5, 5.41) is 22.9. The first-order valence-corrected chi connectivity index (χ1v) is 9.07. The van der Waals surface area contributed by atoms with Crippen LogP contribution in [-0.4, -0.2) is 36.8 Å². The second-order valence-electron chi connectivity index (χ2n) is 7.23. The fraction of sp³-hybridized carbons (Fsp3) is 0.400. The summed E-state index contributed by atoms with van der Waals surface area (Å²) < 4.78 is 3.81. The van der Waals surface area contributed by atoms with Gasteiger partial charge in [0.1, 0.15) is 0 Å². The highest BCUT2D eigenvalue weighted by atomic mass is 16.3. The Bertz CT molecular complexity index is 885. The van der Waals surface area contributed by atoms with E-state index in [2.05, 4.69) is 40.6 Å². The van der Waals surface area contributed by atoms with Crippen LogP contribution in [0.4, 0.5) is 0 Å². The molecular weight excluding hydrogens is 326 g/mol. The van der Waals surface area contributed by atoms with Crippen molar-refractivity contribution in [2.24, 2.45) is 7.05 Å². The predicted octanol–water partition coefficient (Wildman–Crippen LogP) is 2.62. The molecule has 0 saturated heterocycles. The lowest BCUT2D eigenvalue weighted by Gasteiger charge is -2.43. The molecule has 3 aromatic rings. The van der Waals surface area contributed by atoms with E-state index >= 15 is 0 Å². The Labute approximate surface area is 153 Å². The van der Waals surface area contributed by atoms with E-state index in [9.17, 15) is 5.11 Å². The number of nitrogens with zero attached hydrogens (tertiary/aromatic N) is 4. The third-order valence-electron chi connectivity index (χ3n) is 5.23. The topological polar surface area (TPSA) is 67.9 Å². The average Bonchev–Trinajstić information content (AvgIpc) is 3.21. The van der Waals surface area contributed by atoms with Crippen molar-refractivity contribution in [2.75, 3.05) is 0 Å². The largest absolute Gasteiger partial charge is 0.391 e. The van der Waals surface area contributed by atoms with Gasteiger partial charge in [-0.15, -0.1) is 0 Å². The molecule has 4 rings (SSSR count). The fourth-order valence-corrected chi connectivity index (χ4v) is 3.78. The normalized spacial score (nSPS) is 23.6. The fourth-order valence-electron chi connectivity index (χ4n) is 3.78. The van der Waals surface area contributed by atoms with Gasteiger partial charge in [-0.25, -0.2) is 0 Å². The lowest BCUT2D eigenvalue weighted by Crippen LogP contribution is -2.55. The van der Waals surface area contributed by atoms with E-state index in [1.807, 2.05) is 53.9 Å². The summed E-state index contributed by atoms with van der Waals surface area (Å²) >= 11 is 0. The maximum absolute atomic E-state index is 10.2. The summed E-state index contributed by atoms with van der Waals surface area (Å²) in [6.07, 6.45) is 4.20. The Balaban J connectivity index is 1.50. The molecule has 0 amide bonds. The molecule has 0 aliphatic heterocycles. The van der Waals surface area contributed by atoms with Crippen molar-refractivity contribution in [3.8, 4) is 11.3 Å². The first kappa shape index (κ1) is 17.0. The standard InChI is InChI=1S/C20H25N5O/c1-13-11-21-25(12-13)20-17(10-19(20)26)22-14(2)18-9-16(23-24(18)3)15-7-5-4-6-8-15/h4-9,11-12,14,17,19-20,22,26H,10H2,1-3H3/t14?,17-,19+,20+/m0/s1. The molecule has 0 radical (unpaired) electrons. The minimum Gasteiger partial charge on any atom is -0.391 e. The van der Waals surface area contributed by atoms with Crippen LogP contribution in [0.1, 0.15) is 36.7 Å². The Morgan fingerprint density at radius 2 is 2.04 bits per heavy atom. The van der Waals surface area contributed by atoms with Crippen molar-refractivity contribution in [1.29, 1.82) is 0 Å². The van der Waals surface area contributed by atoms with Gasteiger partial charge in [0.25, 0.3) is 0 Å². The SMILES string of the molecule is Cc1cnn([C@H]2[C@H](O)C[C@@H]2NC(C)c2cc(-c3ccccc3)nn2C)c1. The third kappa shape index (κ3) is 3.06. The monoisotopic (exact) mass is 351 g/mol. The van der Waals surface area contributed by atoms with Crippen molar-refractivity contribution in [3.63, 3.8) is 0 Å². The first-order valence-electron chi connectivity index (χ1n) is 9.07. The van der Waals surface area contributed by atoms with E-state index in [1.165, 1.54) is 0 Å². The van der Waals surface area contributed by atoms with E-state index in [1.54, 1.807) is 0 Å². The van der Waals surface area contributed by atoms with Crippen molar-refractivity contribution in [1.82, 2.24) is 24.9 Å². The zero-order chi connectivity index (χ0) is 18.3. The van der Waals surface area contributed by atoms with Gasteiger partial charge in [-0.2, -0.15) is 10.2 Å². The molecule has 4 atom stereocenters. The lowest BCUT2D eigenvalue weighted by molar-refractivity contribution is -0.0113. The molecular formula is C20H25N5O. The molecule has 2 heterocycles. The zero-order valence-corrected chi connectivity index (χ0v) is 15.4. The number of hydrogen-bond donors (Lipinski definition) is 2. The highest BCUT2D eigenvalue weighted by Crippen LogP contribution is 2.34. The zero-order valence-electron chi connectivity index (χ0n) is 15.4. The van der Waals surface area contributed by atoms with Gasteiger partial charge < -0.3 is 10.4 Å². The van der Waals surface area contributed by atoms with Crippen LogP contribution in [0.2, 0.25) is 0 Å². The number of nitrogens with one attached hydrogen (secondary N) is 1. The predicted molar refractivity (Wildman–Crippen MR) is 101 cm³/mol. The number of aliphatic hydroxyl groups is 1. The number of aliphatic hydroxyl groups excluding tert-OH is 1. The second-order valence-corrected chi connectivity index (χ2v) is 7.23. The third-order valence-corrected chi connectivity index (χ3v) is 5.23. The highest BCUT2D eigenvalue weighted by Gasteiger charge is 2.42. The molecule has 0 spiro atoms. The molecule has 2 aromatic heterocycles. The van der Waals surface area contributed by atoms with E-state index < -0.39 is 0 Å². The quantitative estimate of drug-likeness (QED) is 0.741. The molecule has 6 heteroatoms. The van der Waals surface area contributed by atoms with Gasteiger partial charge in [-0.1, -0.05) is 30.3 Å². The van der Waals surface area contributed by atoms with Crippen LogP contribution < -0.4 is 5.32 Å². The van der Waals surface area contributed by atoms with Crippen LogP contribution in [-0.2, 0) is 7.05 Å². The van der Waals surface area contributed by atoms with E-state index in [0.29, 0.717) is 0 Å². The molecule has 1 fully saturated rings. The maximum atomic E-state index is 10.2. The van der Waals surface area contributed by atoms with Crippen molar-refractivity contribution >= 4 is 0 Å². The van der Waals surface area contributed by atoms with E-state index in [0.717, 1.165) is 28.9 Å². The number of aromatic nitrogens is 4. The molecule has 1 aromatic carbocycles.